The predicted molar refractivity (Wildman–Crippen MR) is 93.1 cm³/mol. The second kappa shape index (κ2) is 6.46. The van der Waals surface area contributed by atoms with E-state index < -0.39 is 0 Å². The number of ether oxygens (including phenoxy) is 2. The predicted octanol–water partition coefficient (Wildman–Crippen LogP) is 2.79. The van der Waals surface area contributed by atoms with Crippen molar-refractivity contribution in [2.45, 2.75) is 13.8 Å². The summed E-state index contributed by atoms with van der Waals surface area (Å²) in [6, 6.07) is 6.04. The van der Waals surface area contributed by atoms with Crippen molar-refractivity contribution in [3.8, 4) is 17.0 Å². The van der Waals surface area contributed by atoms with Crippen LogP contribution in [0.1, 0.15) is 11.1 Å². The summed E-state index contributed by atoms with van der Waals surface area (Å²) in [5.74, 6) is 0.854. The third-order valence-corrected chi connectivity index (χ3v) is 4.26. The van der Waals surface area contributed by atoms with E-state index in [9.17, 15) is 0 Å². The lowest BCUT2D eigenvalue weighted by Crippen LogP contribution is -2.36. The van der Waals surface area contributed by atoms with Crippen molar-refractivity contribution in [2.24, 2.45) is 0 Å². The fraction of sp³-hybridized carbons (Fsp3) is 0.389. The second-order valence-electron chi connectivity index (χ2n) is 5.87. The molecule has 3 rings (SSSR count). The first-order chi connectivity index (χ1) is 11.1. The Morgan fingerprint density at radius 1 is 1.13 bits per heavy atom. The number of nitrogens with zero attached hydrogens (tertiary/aromatic N) is 2. The Labute approximate surface area is 137 Å². The highest BCUT2D eigenvalue weighted by Crippen LogP contribution is 2.34. The molecule has 2 heterocycles. The summed E-state index contributed by atoms with van der Waals surface area (Å²) in [4.78, 5) is 6.91. The Morgan fingerprint density at radius 2 is 1.78 bits per heavy atom. The summed E-state index contributed by atoms with van der Waals surface area (Å²) >= 11 is 0. The third kappa shape index (κ3) is 3.10. The van der Waals surface area contributed by atoms with Crippen LogP contribution in [0.3, 0.4) is 0 Å². The highest BCUT2D eigenvalue weighted by atomic mass is 16.5. The van der Waals surface area contributed by atoms with Gasteiger partial charge < -0.3 is 20.1 Å². The summed E-state index contributed by atoms with van der Waals surface area (Å²) < 4.78 is 10.7. The number of benzene rings is 1. The molecule has 0 radical (unpaired) electrons. The lowest BCUT2D eigenvalue weighted by Gasteiger charge is -2.29. The minimum absolute atomic E-state index is 0.699. The molecule has 1 aromatic carbocycles. The van der Waals surface area contributed by atoms with E-state index >= 15 is 0 Å². The van der Waals surface area contributed by atoms with Gasteiger partial charge >= 0.3 is 0 Å². The highest BCUT2D eigenvalue weighted by Gasteiger charge is 2.16. The topological polar surface area (TPSA) is 60.6 Å². The lowest BCUT2D eigenvalue weighted by atomic mass is 9.98. The molecule has 122 valence electrons. The summed E-state index contributed by atoms with van der Waals surface area (Å²) in [5, 5.41) is 0. The van der Waals surface area contributed by atoms with Gasteiger partial charge in [0.05, 0.1) is 43.6 Å². The van der Waals surface area contributed by atoms with Gasteiger partial charge in [-0.2, -0.15) is 0 Å². The van der Waals surface area contributed by atoms with Crippen molar-refractivity contribution in [2.75, 3.05) is 44.0 Å². The molecule has 0 bridgehead atoms. The molecule has 0 aliphatic carbocycles. The Hall–Kier alpha value is -2.27. The van der Waals surface area contributed by atoms with E-state index in [-0.39, 0.29) is 0 Å². The maximum Gasteiger partial charge on any atom is 0.119 e. The van der Waals surface area contributed by atoms with Gasteiger partial charge in [0, 0.05) is 18.7 Å². The zero-order chi connectivity index (χ0) is 16.4. The fourth-order valence-electron chi connectivity index (χ4n) is 3.09. The number of anilines is 2. The van der Waals surface area contributed by atoms with Gasteiger partial charge in [0.25, 0.3) is 0 Å². The van der Waals surface area contributed by atoms with Crippen LogP contribution in [0.15, 0.2) is 24.4 Å². The molecule has 2 aromatic rings. The van der Waals surface area contributed by atoms with Crippen molar-refractivity contribution in [1.29, 1.82) is 0 Å². The maximum absolute atomic E-state index is 6.32. The number of aromatic nitrogens is 1. The van der Waals surface area contributed by atoms with E-state index in [1.807, 2.05) is 24.4 Å². The Morgan fingerprint density at radius 3 is 2.35 bits per heavy atom. The highest BCUT2D eigenvalue weighted by molar-refractivity contribution is 5.80. The fourth-order valence-corrected chi connectivity index (χ4v) is 3.09. The third-order valence-electron chi connectivity index (χ3n) is 4.26. The minimum atomic E-state index is 0.699. The van der Waals surface area contributed by atoms with Crippen LogP contribution in [0.25, 0.3) is 11.3 Å². The van der Waals surface area contributed by atoms with Crippen molar-refractivity contribution in [3.63, 3.8) is 0 Å². The van der Waals surface area contributed by atoms with Crippen molar-refractivity contribution >= 4 is 11.4 Å². The Kier molecular flexibility index (Phi) is 4.39. The van der Waals surface area contributed by atoms with E-state index in [0.29, 0.717) is 5.69 Å². The molecule has 1 aliphatic heterocycles. The van der Waals surface area contributed by atoms with Crippen LogP contribution < -0.4 is 15.4 Å². The summed E-state index contributed by atoms with van der Waals surface area (Å²) in [6.45, 7) is 7.36. The summed E-state index contributed by atoms with van der Waals surface area (Å²) in [5.41, 5.74) is 12.2. The van der Waals surface area contributed by atoms with Crippen molar-refractivity contribution in [1.82, 2.24) is 4.98 Å². The first-order valence-corrected chi connectivity index (χ1v) is 7.84. The first kappa shape index (κ1) is 15.6. The molecule has 1 saturated heterocycles. The van der Waals surface area contributed by atoms with E-state index in [1.54, 1.807) is 7.11 Å². The average molecular weight is 313 g/mol. The molecule has 1 aromatic heterocycles. The van der Waals surface area contributed by atoms with Gasteiger partial charge in [0.1, 0.15) is 5.75 Å². The van der Waals surface area contributed by atoms with Crippen LogP contribution in [0.4, 0.5) is 11.4 Å². The van der Waals surface area contributed by atoms with Gasteiger partial charge in [-0.25, -0.2) is 0 Å². The molecule has 5 nitrogen and oxygen atoms in total. The zero-order valence-electron chi connectivity index (χ0n) is 13.9. The van der Waals surface area contributed by atoms with Crippen LogP contribution in [-0.2, 0) is 4.74 Å². The monoisotopic (exact) mass is 313 g/mol. The van der Waals surface area contributed by atoms with Crippen LogP contribution in [-0.4, -0.2) is 38.4 Å². The molecule has 5 heteroatoms. The maximum atomic E-state index is 6.32. The summed E-state index contributed by atoms with van der Waals surface area (Å²) in [7, 11) is 1.68. The van der Waals surface area contributed by atoms with Gasteiger partial charge in [-0.05, 0) is 43.2 Å². The second-order valence-corrected chi connectivity index (χ2v) is 5.87. The number of rotatable bonds is 3. The van der Waals surface area contributed by atoms with Crippen molar-refractivity contribution in [3.05, 3.63) is 35.5 Å². The normalized spacial score (nSPS) is 14.8. The molecule has 0 amide bonds. The van der Waals surface area contributed by atoms with E-state index in [1.165, 1.54) is 0 Å². The smallest absolute Gasteiger partial charge is 0.119 e. The van der Waals surface area contributed by atoms with Gasteiger partial charge in [-0.1, -0.05) is 0 Å². The molecule has 0 spiro atoms. The van der Waals surface area contributed by atoms with Gasteiger partial charge in [0.15, 0.2) is 0 Å². The summed E-state index contributed by atoms with van der Waals surface area (Å²) in [6.07, 6.45) is 1.90. The number of pyridine rings is 1. The Balaban J connectivity index is 1.98. The van der Waals surface area contributed by atoms with Gasteiger partial charge in [-0.3, -0.25) is 4.98 Å². The molecule has 1 fully saturated rings. The van der Waals surface area contributed by atoms with Gasteiger partial charge in [-0.15, -0.1) is 0 Å². The van der Waals surface area contributed by atoms with E-state index in [4.69, 9.17) is 15.2 Å². The number of hydrogen-bond acceptors (Lipinski definition) is 5. The minimum Gasteiger partial charge on any atom is -0.497 e. The van der Waals surface area contributed by atoms with Gasteiger partial charge in [0.2, 0.25) is 0 Å². The number of nitrogen functional groups attached to an aromatic ring is 1. The van der Waals surface area contributed by atoms with Crippen LogP contribution >= 0.6 is 0 Å². The van der Waals surface area contributed by atoms with Crippen LogP contribution in [0.5, 0.6) is 5.75 Å². The molecule has 2 N–H and O–H groups in total. The standard InChI is InChI=1S/C18H23N3O2/c1-12-8-15(22-3)9-13(2)17(12)18-16(19)10-14(11-20-18)21-4-6-23-7-5-21/h8-11H,4-7,19H2,1-3H3. The molecular weight excluding hydrogens is 290 g/mol. The molecule has 0 saturated carbocycles. The number of nitrogens with two attached hydrogens (primary N) is 1. The van der Waals surface area contributed by atoms with Crippen molar-refractivity contribution < 1.29 is 9.47 Å². The molecule has 0 atom stereocenters. The number of morpholine rings is 1. The first-order valence-electron chi connectivity index (χ1n) is 7.84. The van der Waals surface area contributed by atoms with E-state index in [0.717, 1.165) is 60.1 Å². The number of methoxy groups -OCH3 is 1. The quantitative estimate of drug-likeness (QED) is 0.944. The molecule has 0 unspecified atom stereocenters. The Bertz CT molecular complexity index is 686. The number of hydrogen-bond donors (Lipinski definition) is 1. The zero-order valence-corrected chi connectivity index (χ0v) is 13.9. The van der Waals surface area contributed by atoms with E-state index in [2.05, 4.69) is 23.7 Å². The lowest BCUT2D eigenvalue weighted by molar-refractivity contribution is 0.122. The number of aryl methyl sites for hydroxylation is 2. The van der Waals surface area contributed by atoms with Crippen LogP contribution in [0, 0.1) is 13.8 Å². The average Bonchev–Trinajstić information content (AvgIpc) is 2.56. The molecular formula is C18H23N3O2. The largest absolute Gasteiger partial charge is 0.497 e. The molecule has 1 aliphatic rings. The van der Waals surface area contributed by atoms with Crippen LogP contribution in [0.2, 0.25) is 0 Å². The SMILES string of the molecule is COc1cc(C)c(-c2ncc(N3CCOCC3)cc2N)c(C)c1. The molecule has 23 heavy (non-hydrogen) atoms.